The third-order valence-electron chi connectivity index (χ3n) is 5.33. The molecule has 0 aromatic heterocycles. The molecule has 0 radical (unpaired) electrons. The molecule has 1 fully saturated rings. The fraction of sp³-hybridized carbons (Fsp3) is 0.636. The SMILES string of the molecule is CN=C(NCCCN1CCC(C)CC1)NCCc1cccc(C(=O)N(C)C)c1.I. The van der Waals surface area contributed by atoms with Crippen LogP contribution in [0.3, 0.4) is 0 Å². The number of nitrogens with one attached hydrogen (secondary N) is 2. The molecule has 0 aliphatic carbocycles. The first-order valence-electron chi connectivity index (χ1n) is 10.5. The number of nitrogens with zero attached hydrogens (tertiary/aromatic N) is 3. The van der Waals surface area contributed by atoms with E-state index in [-0.39, 0.29) is 29.9 Å². The molecule has 0 unspecified atom stereocenters. The number of hydrogen-bond donors (Lipinski definition) is 2. The first-order chi connectivity index (χ1) is 13.5. The molecule has 0 atom stereocenters. The predicted octanol–water partition coefficient (Wildman–Crippen LogP) is 2.84. The molecule has 164 valence electrons. The Morgan fingerprint density at radius 3 is 2.55 bits per heavy atom. The highest BCUT2D eigenvalue weighted by Gasteiger charge is 2.14. The third kappa shape index (κ3) is 9.33. The maximum absolute atomic E-state index is 12.1. The average Bonchev–Trinajstić information content (AvgIpc) is 2.70. The molecule has 2 N–H and O–H groups in total. The van der Waals surface area contributed by atoms with E-state index >= 15 is 0 Å². The first-order valence-corrected chi connectivity index (χ1v) is 10.5. The van der Waals surface area contributed by atoms with Gasteiger partial charge in [0.2, 0.25) is 0 Å². The number of guanidine groups is 1. The van der Waals surface area contributed by atoms with Crippen LogP contribution < -0.4 is 10.6 Å². The highest BCUT2D eigenvalue weighted by Crippen LogP contribution is 2.15. The smallest absolute Gasteiger partial charge is 0.253 e. The summed E-state index contributed by atoms with van der Waals surface area (Å²) >= 11 is 0. The van der Waals surface area contributed by atoms with Crippen LogP contribution in [0.1, 0.15) is 42.1 Å². The zero-order valence-corrected chi connectivity index (χ0v) is 20.7. The fourth-order valence-electron chi connectivity index (χ4n) is 3.46. The maximum atomic E-state index is 12.1. The highest BCUT2D eigenvalue weighted by atomic mass is 127. The summed E-state index contributed by atoms with van der Waals surface area (Å²) in [6.07, 6.45) is 4.64. The summed E-state index contributed by atoms with van der Waals surface area (Å²) < 4.78 is 0. The zero-order valence-electron chi connectivity index (χ0n) is 18.4. The number of halogens is 1. The number of amides is 1. The van der Waals surface area contributed by atoms with Gasteiger partial charge < -0.3 is 20.4 Å². The van der Waals surface area contributed by atoms with Crippen molar-refractivity contribution in [2.45, 2.75) is 32.6 Å². The summed E-state index contributed by atoms with van der Waals surface area (Å²) in [7, 11) is 5.35. The number of rotatable bonds is 8. The van der Waals surface area contributed by atoms with Crippen molar-refractivity contribution in [1.82, 2.24) is 20.4 Å². The van der Waals surface area contributed by atoms with E-state index in [1.807, 2.05) is 18.2 Å². The van der Waals surface area contributed by atoms with Crippen LogP contribution in [0.5, 0.6) is 0 Å². The van der Waals surface area contributed by atoms with Crippen LogP contribution >= 0.6 is 24.0 Å². The standard InChI is InChI=1S/C22H37N5O.HI/c1-18-10-15-27(16-11-18)14-6-12-24-22(23-2)25-13-9-19-7-5-8-20(17-19)21(28)26(3)4;/h5,7-8,17-18H,6,9-16H2,1-4H3,(H2,23,24,25);1H. The van der Waals surface area contributed by atoms with Gasteiger partial charge in [0.05, 0.1) is 0 Å². The zero-order chi connectivity index (χ0) is 20.4. The van der Waals surface area contributed by atoms with E-state index in [9.17, 15) is 4.79 Å². The molecular weight excluding hydrogens is 477 g/mol. The average molecular weight is 515 g/mol. The van der Waals surface area contributed by atoms with Crippen molar-refractivity contribution < 1.29 is 4.79 Å². The van der Waals surface area contributed by atoms with Gasteiger partial charge in [-0.3, -0.25) is 9.79 Å². The molecular formula is C22H38IN5O. The Morgan fingerprint density at radius 2 is 1.90 bits per heavy atom. The predicted molar refractivity (Wildman–Crippen MR) is 132 cm³/mol. The summed E-state index contributed by atoms with van der Waals surface area (Å²) in [5, 5.41) is 6.76. The van der Waals surface area contributed by atoms with E-state index in [1.165, 1.54) is 25.9 Å². The molecule has 1 aromatic rings. The van der Waals surface area contributed by atoms with Crippen molar-refractivity contribution in [3.63, 3.8) is 0 Å². The van der Waals surface area contributed by atoms with Gasteiger partial charge in [-0.25, -0.2) is 0 Å². The van der Waals surface area contributed by atoms with Crippen molar-refractivity contribution >= 4 is 35.8 Å². The lowest BCUT2D eigenvalue weighted by Gasteiger charge is -2.30. The summed E-state index contributed by atoms with van der Waals surface area (Å²) in [5.41, 5.74) is 1.88. The lowest BCUT2D eigenvalue weighted by atomic mass is 9.99. The minimum atomic E-state index is 0. The number of likely N-dealkylation sites (tertiary alicyclic amines) is 1. The van der Waals surface area contributed by atoms with Gasteiger partial charge in [-0.2, -0.15) is 0 Å². The molecule has 1 aromatic carbocycles. The van der Waals surface area contributed by atoms with Crippen LogP contribution in [0.4, 0.5) is 0 Å². The molecule has 1 saturated heterocycles. The minimum Gasteiger partial charge on any atom is -0.356 e. The molecule has 1 aliphatic heterocycles. The lowest BCUT2D eigenvalue weighted by Crippen LogP contribution is -2.40. The quantitative estimate of drug-likeness (QED) is 0.242. The molecule has 2 rings (SSSR count). The number of carbonyl (C=O) groups excluding carboxylic acids is 1. The van der Waals surface area contributed by atoms with Crippen LogP contribution in [-0.2, 0) is 6.42 Å². The van der Waals surface area contributed by atoms with Crippen molar-refractivity contribution in [3.05, 3.63) is 35.4 Å². The van der Waals surface area contributed by atoms with Gasteiger partial charge in [0.25, 0.3) is 5.91 Å². The van der Waals surface area contributed by atoms with Gasteiger partial charge >= 0.3 is 0 Å². The number of aliphatic imine (C=N–C) groups is 1. The van der Waals surface area contributed by atoms with Crippen LogP contribution in [0.25, 0.3) is 0 Å². The van der Waals surface area contributed by atoms with Crippen molar-refractivity contribution in [2.75, 3.05) is 53.9 Å². The van der Waals surface area contributed by atoms with Gasteiger partial charge in [-0.1, -0.05) is 19.1 Å². The Bertz CT molecular complexity index is 642. The topological polar surface area (TPSA) is 60.0 Å². The van der Waals surface area contributed by atoms with E-state index in [0.29, 0.717) is 0 Å². The fourth-order valence-corrected chi connectivity index (χ4v) is 3.46. The van der Waals surface area contributed by atoms with E-state index in [4.69, 9.17) is 0 Å². The first kappa shape index (κ1) is 25.7. The lowest BCUT2D eigenvalue weighted by molar-refractivity contribution is 0.0827. The van der Waals surface area contributed by atoms with Gasteiger partial charge in [0.1, 0.15) is 0 Å². The number of hydrogen-bond acceptors (Lipinski definition) is 3. The van der Waals surface area contributed by atoms with Crippen molar-refractivity contribution in [1.29, 1.82) is 0 Å². The Kier molecular flexibility index (Phi) is 12.2. The molecule has 29 heavy (non-hydrogen) atoms. The molecule has 1 amide bonds. The number of piperidine rings is 1. The summed E-state index contributed by atoms with van der Waals surface area (Å²) in [4.78, 5) is 20.6. The monoisotopic (exact) mass is 515 g/mol. The molecule has 0 bridgehead atoms. The van der Waals surface area contributed by atoms with E-state index in [1.54, 1.807) is 26.0 Å². The van der Waals surface area contributed by atoms with E-state index in [0.717, 1.165) is 55.5 Å². The largest absolute Gasteiger partial charge is 0.356 e. The number of carbonyl (C=O) groups is 1. The molecule has 0 spiro atoms. The highest BCUT2D eigenvalue weighted by molar-refractivity contribution is 14.0. The Balaban J connectivity index is 0.00000420. The second kappa shape index (κ2) is 13.8. The minimum absolute atomic E-state index is 0. The summed E-state index contributed by atoms with van der Waals surface area (Å²) in [6.45, 7) is 7.70. The number of benzene rings is 1. The second-order valence-corrected chi connectivity index (χ2v) is 7.95. The third-order valence-corrected chi connectivity index (χ3v) is 5.33. The van der Waals surface area contributed by atoms with Gasteiger partial charge in [-0.05, 0) is 68.9 Å². The maximum Gasteiger partial charge on any atom is 0.253 e. The Labute approximate surface area is 193 Å². The van der Waals surface area contributed by atoms with E-state index < -0.39 is 0 Å². The molecule has 1 heterocycles. The summed E-state index contributed by atoms with van der Waals surface area (Å²) in [6, 6.07) is 7.84. The van der Waals surface area contributed by atoms with Gasteiger partial charge in [-0.15, -0.1) is 24.0 Å². The molecule has 1 aliphatic rings. The van der Waals surface area contributed by atoms with Gasteiger partial charge in [0, 0.05) is 39.8 Å². The summed E-state index contributed by atoms with van der Waals surface area (Å²) in [5.74, 6) is 1.77. The van der Waals surface area contributed by atoms with Crippen LogP contribution in [0, 0.1) is 5.92 Å². The molecule has 6 nitrogen and oxygen atoms in total. The Morgan fingerprint density at radius 1 is 1.21 bits per heavy atom. The van der Waals surface area contributed by atoms with Crippen LogP contribution in [-0.4, -0.2) is 75.5 Å². The van der Waals surface area contributed by atoms with Gasteiger partial charge in [0.15, 0.2) is 5.96 Å². The normalized spacial score (nSPS) is 15.5. The second-order valence-electron chi connectivity index (χ2n) is 7.95. The van der Waals surface area contributed by atoms with Crippen molar-refractivity contribution in [3.8, 4) is 0 Å². The van der Waals surface area contributed by atoms with Crippen molar-refractivity contribution in [2.24, 2.45) is 10.9 Å². The molecule has 0 saturated carbocycles. The van der Waals surface area contributed by atoms with Crippen LogP contribution in [0.2, 0.25) is 0 Å². The van der Waals surface area contributed by atoms with Crippen LogP contribution in [0.15, 0.2) is 29.3 Å². The Hall–Kier alpha value is -1.35. The van der Waals surface area contributed by atoms with E-state index in [2.05, 4.69) is 33.5 Å². The molecule has 7 heteroatoms.